The van der Waals surface area contributed by atoms with Crippen molar-refractivity contribution in [1.29, 1.82) is 0 Å². The van der Waals surface area contributed by atoms with E-state index in [-0.39, 0.29) is 11.7 Å². The highest BCUT2D eigenvalue weighted by molar-refractivity contribution is 5.81. The van der Waals surface area contributed by atoms with Gasteiger partial charge in [-0.15, -0.1) is 0 Å². The minimum Gasteiger partial charge on any atom is -0.504 e. The first-order valence-corrected chi connectivity index (χ1v) is 5.86. The maximum Gasteiger partial charge on any atom is 0.330 e. The average Bonchev–Trinajstić information content (AvgIpc) is 2.38. The third-order valence-electron chi connectivity index (χ3n) is 2.30. The van der Waals surface area contributed by atoms with Gasteiger partial charge in [0.25, 0.3) is 0 Å². The van der Waals surface area contributed by atoms with Crippen LogP contribution in [0.15, 0.2) is 30.4 Å². The molecule has 18 heavy (non-hydrogen) atoms. The van der Waals surface area contributed by atoms with E-state index in [1.165, 1.54) is 13.2 Å². The van der Waals surface area contributed by atoms with Gasteiger partial charge in [-0.05, 0) is 30.5 Å². The lowest BCUT2D eigenvalue weighted by Gasteiger charge is -2.04. The van der Waals surface area contributed by atoms with Crippen LogP contribution < -0.4 is 4.74 Å². The summed E-state index contributed by atoms with van der Waals surface area (Å²) in [5.41, 5.74) is 0.948. The van der Waals surface area contributed by atoms with Crippen molar-refractivity contribution >= 4 is 5.97 Å². The second-order valence-corrected chi connectivity index (χ2v) is 3.78. The molecule has 1 aromatic rings. The summed E-state index contributed by atoms with van der Waals surface area (Å²) in [7, 11) is 1.50. The van der Waals surface area contributed by atoms with Gasteiger partial charge in [-0.3, -0.25) is 0 Å². The molecule has 0 saturated heterocycles. The smallest absolute Gasteiger partial charge is 0.330 e. The minimum absolute atomic E-state index is 0.104. The summed E-state index contributed by atoms with van der Waals surface area (Å²) < 4.78 is 9.90. The van der Waals surface area contributed by atoms with E-state index in [2.05, 4.69) is 0 Å². The summed E-state index contributed by atoms with van der Waals surface area (Å²) in [6.45, 7) is 2.38. The Balaban J connectivity index is 2.53. The number of aromatic hydroxyl groups is 1. The Hall–Kier alpha value is -1.97. The molecule has 0 spiro atoms. The first kappa shape index (κ1) is 14.1. The van der Waals surface area contributed by atoms with E-state index in [4.69, 9.17) is 9.47 Å². The highest BCUT2D eigenvalue weighted by Gasteiger charge is 2.01. The number of methoxy groups -OCH3 is 1. The highest BCUT2D eigenvalue weighted by Crippen LogP contribution is 2.26. The lowest BCUT2D eigenvalue weighted by Crippen LogP contribution is -2.01. The molecule has 0 aliphatic carbocycles. The molecule has 0 atom stereocenters. The topological polar surface area (TPSA) is 55.8 Å². The largest absolute Gasteiger partial charge is 0.504 e. The van der Waals surface area contributed by atoms with E-state index in [1.807, 2.05) is 6.92 Å². The molecule has 0 aliphatic heterocycles. The molecule has 0 aliphatic rings. The molecule has 1 rings (SSSR count). The molecule has 0 bridgehead atoms. The number of rotatable bonds is 6. The molecule has 0 radical (unpaired) electrons. The van der Waals surface area contributed by atoms with Crippen LogP contribution in [0.25, 0.3) is 0 Å². The molecule has 0 amide bonds. The van der Waals surface area contributed by atoms with Crippen LogP contribution in [0.3, 0.4) is 0 Å². The lowest BCUT2D eigenvalue weighted by molar-refractivity contribution is -0.137. The first-order valence-electron chi connectivity index (χ1n) is 5.86. The van der Waals surface area contributed by atoms with Crippen LogP contribution in [0, 0.1) is 0 Å². The Morgan fingerprint density at radius 3 is 2.89 bits per heavy atom. The van der Waals surface area contributed by atoms with Gasteiger partial charge in [0.15, 0.2) is 11.5 Å². The van der Waals surface area contributed by atoms with Crippen molar-refractivity contribution in [2.75, 3.05) is 13.7 Å². The van der Waals surface area contributed by atoms with Crippen LogP contribution >= 0.6 is 0 Å². The fourth-order valence-electron chi connectivity index (χ4n) is 1.39. The van der Waals surface area contributed by atoms with Gasteiger partial charge in [0.2, 0.25) is 0 Å². The van der Waals surface area contributed by atoms with Crippen LogP contribution in [-0.2, 0) is 16.0 Å². The molecule has 4 nitrogen and oxygen atoms in total. The van der Waals surface area contributed by atoms with E-state index >= 15 is 0 Å². The van der Waals surface area contributed by atoms with Crippen molar-refractivity contribution in [3.05, 3.63) is 35.9 Å². The Kier molecular flexibility index (Phi) is 5.77. The van der Waals surface area contributed by atoms with Crippen molar-refractivity contribution in [1.82, 2.24) is 0 Å². The zero-order valence-electron chi connectivity index (χ0n) is 10.7. The number of esters is 1. The number of carbonyl (C=O) groups excluding carboxylic acids is 1. The van der Waals surface area contributed by atoms with Crippen molar-refractivity contribution < 1.29 is 19.4 Å². The zero-order valence-corrected chi connectivity index (χ0v) is 10.7. The maximum absolute atomic E-state index is 11.2. The van der Waals surface area contributed by atoms with E-state index < -0.39 is 0 Å². The fraction of sp³-hybridized carbons (Fsp3) is 0.357. The van der Waals surface area contributed by atoms with Gasteiger partial charge in [0.1, 0.15) is 0 Å². The lowest BCUT2D eigenvalue weighted by atomic mass is 10.1. The third-order valence-corrected chi connectivity index (χ3v) is 2.30. The average molecular weight is 250 g/mol. The minimum atomic E-state index is -0.331. The highest BCUT2D eigenvalue weighted by atomic mass is 16.5. The van der Waals surface area contributed by atoms with Gasteiger partial charge >= 0.3 is 5.97 Å². The van der Waals surface area contributed by atoms with Gasteiger partial charge in [0, 0.05) is 6.08 Å². The molecule has 0 heterocycles. The molecule has 0 aromatic heterocycles. The quantitative estimate of drug-likeness (QED) is 0.622. The number of allylic oxidation sites excluding steroid dienone is 1. The number of carbonyl (C=O) groups is 1. The third kappa shape index (κ3) is 4.49. The van der Waals surface area contributed by atoms with E-state index in [0.29, 0.717) is 18.8 Å². The number of hydrogen-bond donors (Lipinski definition) is 1. The van der Waals surface area contributed by atoms with Gasteiger partial charge in [-0.25, -0.2) is 4.79 Å². The molecular formula is C14H18O4. The summed E-state index contributed by atoms with van der Waals surface area (Å²) in [4.78, 5) is 11.2. The normalized spacial score (nSPS) is 10.6. The Bertz CT molecular complexity index is 424. The van der Waals surface area contributed by atoms with Crippen molar-refractivity contribution in [3.63, 3.8) is 0 Å². The number of hydrogen-bond acceptors (Lipinski definition) is 4. The Morgan fingerprint density at radius 2 is 2.22 bits per heavy atom. The number of ether oxygens (including phenoxy) is 2. The predicted octanol–water partition coefficient (Wildman–Crippen LogP) is 2.45. The number of benzene rings is 1. The zero-order chi connectivity index (χ0) is 13.4. The summed E-state index contributed by atoms with van der Waals surface area (Å²) in [5, 5.41) is 9.43. The maximum atomic E-state index is 11.2. The van der Waals surface area contributed by atoms with Crippen LogP contribution in [0.5, 0.6) is 11.5 Å². The van der Waals surface area contributed by atoms with Gasteiger partial charge in [-0.2, -0.15) is 0 Å². The SMILES string of the molecule is CCCOC(=O)/C=C/Cc1ccc(O)c(OC)c1. The molecule has 0 fully saturated rings. The second-order valence-electron chi connectivity index (χ2n) is 3.78. The predicted molar refractivity (Wildman–Crippen MR) is 68.8 cm³/mol. The Morgan fingerprint density at radius 1 is 1.44 bits per heavy atom. The Labute approximate surface area is 107 Å². The summed E-state index contributed by atoms with van der Waals surface area (Å²) in [6, 6.07) is 5.08. The molecule has 98 valence electrons. The molecule has 1 aromatic carbocycles. The van der Waals surface area contributed by atoms with Crippen molar-refractivity contribution in [2.45, 2.75) is 19.8 Å². The number of phenolic OH excluding ortho intramolecular Hbond substituents is 1. The monoisotopic (exact) mass is 250 g/mol. The second kappa shape index (κ2) is 7.37. The van der Waals surface area contributed by atoms with Crippen molar-refractivity contribution in [3.8, 4) is 11.5 Å². The van der Waals surface area contributed by atoms with Crippen LogP contribution in [0.2, 0.25) is 0 Å². The van der Waals surface area contributed by atoms with E-state index in [0.717, 1.165) is 12.0 Å². The summed E-state index contributed by atoms with van der Waals surface area (Å²) in [6.07, 6.45) is 4.53. The van der Waals surface area contributed by atoms with Gasteiger partial charge in [0.05, 0.1) is 13.7 Å². The van der Waals surface area contributed by atoms with Crippen LogP contribution in [-0.4, -0.2) is 24.8 Å². The molecular weight excluding hydrogens is 232 g/mol. The van der Waals surface area contributed by atoms with E-state index in [1.54, 1.807) is 24.3 Å². The molecule has 4 heteroatoms. The van der Waals surface area contributed by atoms with Gasteiger partial charge in [-0.1, -0.05) is 19.1 Å². The summed E-state index contributed by atoms with van der Waals surface area (Å²) in [5.74, 6) is 0.199. The fourth-order valence-corrected chi connectivity index (χ4v) is 1.39. The van der Waals surface area contributed by atoms with Crippen molar-refractivity contribution in [2.24, 2.45) is 0 Å². The standard InChI is InChI=1S/C14H18O4/c1-3-9-18-14(16)6-4-5-11-7-8-12(15)13(10-11)17-2/h4,6-8,10,15H,3,5,9H2,1-2H3/b6-4+. The first-order chi connectivity index (χ1) is 8.67. The molecule has 0 saturated carbocycles. The van der Waals surface area contributed by atoms with Gasteiger partial charge < -0.3 is 14.6 Å². The molecule has 0 unspecified atom stereocenters. The van der Waals surface area contributed by atoms with E-state index in [9.17, 15) is 9.90 Å². The number of phenols is 1. The summed E-state index contributed by atoms with van der Waals surface area (Å²) >= 11 is 0. The molecule has 1 N–H and O–H groups in total. The van der Waals surface area contributed by atoms with Crippen LogP contribution in [0.1, 0.15) is 18.9 Å². The van der Waals surface area contributed by atoms with Crippen LogP contribution in [0.4, 0.5) is 0 Å².